The van der Waals surface area contributed by atoms with Crippen molar-refractivity contribution in [2.24, 2.45) is 5.10 Å². The zero-order valence-corrected chi connectivity index (χ0v) is 12.2. The molecule has 0 aliphatic rings. The van der Waals surface area contributed by atoms with E-state index in [0.29, 0.717) is 11.2 Å². The van der Waals surface area contributed by atoms with E-state index in [9.17, 15) is 0 Å². The molecule has 4 nitrogen and oxygen atoms in total. The molecule has 0 saturated heterocycles. The summed E-state index contributed by atoms with van der Waals surface area (Å²) in [7, 11) is 0. The number of nitrogens with zero attached hydrogens (tertiary/aromatic N) is 3. The maximum absolute atomic E-state index is 5.22. The van der Waals surface area contributed by atoms with Gasteiger partial charge < -0.3 is 0 Å². The standard InChI is InChI=1S/C14H12N4S2/c19-14-17-16-13(9-11-5-2-1-3-6-11)18(14)15-10-12-7-4-8-20-12/h1-8,10H,9H2,(H,17,19)/b15-10-. The average Bonchev–Trinajstić information content (AvgIpc) is 3.09. The highest BCUT2D eigenvalue weighted by atomic mass is 32.1. The quantitative estimate of drug-likeness (QED) is 0.592. The van der Waals surface area contributed by atoms with Gasteiger partial charge in [-0.2, -0.15) is 14.9 Å². The fourth-order valence-corrected chi connectivity index (χ4v) is 2.59. The molecular weight excluding hydrogens is 288 g/mol. The first-order valence-corrected chi connectivity index (χ1v) is 7.40. The van der Waals surface area contributed by atoms with Gasteiger partial charge in [-0.1, -0.05) is 36.4 Å². The topological polar surface area (TPSA) is 46.0 Å². The summed E-state index contributed by atoms with van der Waals surface area (Å²) < 4.78 is 2.17. The maximum Gasteiger partial charge on any atom is 0.216 e. The number of H-pyrrole nitrogens is 1. The highest BCUT2D eigenvalue weighted by Crippen LogP contribution is 2.09. The number of nitrogens with one attached hydrogen (secondary N) is 1. The van der Waals surface area contributed by atoms with Crippen molar-refractivity contribution in [3.63, 3.8) is 0 Å². The number of rotatable bonds is 4. The Labute approximate surface area is 125 Å². The molecule has 0 amide bonds. The normalized spacial score (nSPS) is 11.2. The predicted molar refractivity (Wildman–Crippen MR) is 84.0 cm³/mol. The number of thiophene rings is 1. The van der Waals surface area contributed by atoms with E-state index in [4.69, 9.17) is 12.2 Å². The summed E-state index contributed by atoms with van der Waals surface area (Å²) >= 11 is 6.85. The first-order valence-electron chi connectivity index (χ1n) is 6.11. The van der Waals surface area contributed by atoms with Crippen molar-refractivity contribution in [2.75, 3.05) is 0 Å². The van der Waals surface area contributed by atoms with Gasteiger partial charge in [0.15, 0.2) is 5.82 Å². The molecule has 0 bridgehead atoms. The Hall–Kier alpha value is -2.05. The lowest BCUT2D eigenvalue weighted by Gasteiger charge is -2.00. The molecule has 100 valence electrons. The Balaban J connectivity index is 1.88. The van der Waals surface area contributed by atoms with Crippen LogP contribution in [0.4, 0.5) is 0 Å². The second kappa shape index (κ2) is 5.94. The van der Waals surface area contributed by atoms with E-state index in [1.807, 2.05) is 35.7 Å². The molecule has 0 unspecified atom stereocenters. The van der Waals surface area contributed by atoms with E-state index in [1.54, 1.807) is 22.2 Å². The van der Waals surface area contributed by atoms with Gasteiger partial charge in [0.25, 0.3) is 0 Å². The minimum Gasteiger partial charge on any atom is -0.250 e. The molecule has 6 heteroatoms. The van der Waals surface area contributed by atoms with E-state index in [1.165, 1.54) is 5.56 Å². The van der Waals surface area contributed by atoms with Crippen LogP contribution in [-0.2, 0) is 6.42 Å². The van der Waals surface area contributed by atoms with Gasteiger partial charge in [0, 0.05) is 11.3 Å². The van der Waals surface area contributed by atoms with Crippen LogP contribution in [0.3, 0.4) is 0 Å². The lowest BCUT2D eigenvalue weighted by atomic mass is 10.1. The number of aromatic amines is 1. The van der Waals surface area contributed by atoms with Crippen LogP contribution < -0.4 is 0 Å². The monoisotopic (exact) mass is 300 g/mol. The van der Waals surface area contributed by atoms with Crippen LogP contribution in [0.15, 0.2) is 52.9 Å². The summed E-state index contributed by atoms with van der Waals surface area (Å²) in [6.07, 6.45) is 2.49. The van der Waals surface area contributed by atoms with Crippen LogP contribution in [0.2, 0.25) is 0 Å². The van der Waals surface area contributed by atoms with Crippen LogP contribution in [0, 0.1) is 4.77 Å². The summed E-state index contributed by atoms with van der Waals surface area (Å²) in [5, 5.41) is 13.5. The lowest BCUT2D eigenvalue weighted by Crippen LogP contribution is -2.00. The van der Waals surface area contributed by atoms with Gasteiger partial charge in [-0.15, -0.1) is 11.3 Å². The highest BCUT2D eigenvalue weighted by Gasteiger charge is 2.05. The summed E-state index contributed by atoms with van der Waals surface area (Å²) in [5.74, 6) is 0.800. The van der Waals surface area contributed by atoms with E-state index >= 15 is 0 Å². The van der Waals surface area contributed by atoms with Gasteiger partial charge in [0.05, 0.1) is 6.21 Å². The van der Waals surface area contributed by atoms with Gasteiger partial charge in [-0.05, 0) is 29.2 Å². The summed E-state index contributed by atoms with van der Waals surface area (Å²) in [6, 6.07) is 14.1. The van der Waals surface area contributed by atoms with Gasteiger partial charge >= 0.3 is 0 Å². The number of aromatic nitrogens is 3. The molecule has 2 aromatic heterocycles. The third kappa shape index (κ3) is 2.92. The first kappa shape index (κ1) is 13.0. The second-order valence-electron chi connectivity index (χ2n) is 4.18. The zero-order valence-electron chi connectivity index (χ0n) is 10.6. The summed E-state index contributed by atoms with van der Waals surface area (Å²) in [5.41, 5.74) is 1.18. The average molecular weight is 300 g/mol. The number of hydrogen-bond donors (Lipinski definition) is 1. The van der Waals surface area contributed by atoms with Gasteiger partial charge in [-0.25, -0.2) is 0 Å². The molecule has 0 spiro atoms. The molecule has 3 rings (SSSR count). The van der Waals surface area contributed by atoms with Crippen molar-refractivity contribution < 1.29 is 0 Å². The van der Waals surface area contributed by atoms with Gasteiger partial charge in [0.2, 0.25) is 4.77 Å². The smallest absolute Gasteiger partial charge is 0.216 e. The van der Waals surface area contributed by atoms with E-state index in [-0.39, 0.29) is 0 Å². The Bertz CT molecular complexity index is 754. The molecule has 1 N–H and O–H groups in total. The predicted octanol–water partition coefficient (Wildman–Crippen LogP) is 3.48. The molecule has 3 aromatic rings. The molecule has 2 heterocycles. The van der Waals surface area contributed by atoms with E-state index in [2.05, 4.69) is 27.4 Å². The van der Waals surface area contributed by atoms with Gasteiger partial charge in [-0.3, -0.25) is 5.10 Å². The van der Waals surface area contributed by atoms with Crippen LogP contribution in [0.5, 0.6) is 0 Å². The van der Waals surface area contributed by atoms with Crippen molar-refractivity contribution in [2.45, 2.75) is 6.42 Å². The fraction of sp³-hybridized carbons (Fsp3) is 0.0714. The Kier molecular flexibility index (Phi) is 3.85. The van der Waals surface area contributed by atoms with E-state index < -0.39 is 0 Å². The highest BCUT2D eigenvalue weighted by molar-refractivity contribution is 7.71. The third-order valence-electron chi connectivity index (χ3n) is 2.77. The number of hydrogen-bond acceptors (Lipinski definition) is 4. The molecule has 0 radical (unpaired) electrons. The largest absolute Gasteiger partial charge is 0.250 e. The molecular formula is C14H12N4S2. The van der Waals surface area contributed by atoms with Crippen molar-refractivity contribution in [3.8, 4) is 0 Å². The van der Waals surface area contributed by atoms with Crippen molar-refractivity contribution in [1.29, 1.82) is 0 Å². The first-order chi connectivity index (χ1) is 9.83. The second-order valence-corrected chi connectivity index (χ2v) is 5.55. The Morgan fingerprint density at radius 1 is 1.25 bits per heavy atom. The molecule has 0 aliphatic heterocycles. The molecule has 0 aliphatic carbocycles. The number of benzene rings is 1. The van der Waals surface area contributed by atoms with Crippen LogP contribution in [0.25, 0.3) is 0 Å². The molecule has 20 heavy (non-hydrogen) atoms. The fourth-order valence-electron chi connectivity index (χ4n) is 1.82. The molecule has 0 fully saturated rings. The Morgan fingerprint density at radius 2 is 2.10 bits per heavy atom. The van der Waals surface area contributed by atoms with Crippen LogP contribution in [-0.4, -0.2) is 21.1 Å². The summed E-state index contributed by atoms with van der Waals surface area (Å²) in [4.78, 5) is 1.08. The molecule has 0 saturated carbocycles. The molecule has 0 atom stereocenters. The van der Waals surface area contributed by atoms with Crippen molar-refractivity contribution >= 4 is 29.8 Å². The van der Waals surface area contributed by atoms with E-state index in [0.717, 1.165) is 10.7 Å². The van der Waals surface area contributed by atoms with Gasteiger partial charge in [0.1, 0.15) is 0 Å². The lowest BCUT2D eigenvalue weighted by molar-refractivity contribution is 0.792. The molecule has 1 aromatic carbocycles. The minimum atomic E-state index is 0.503. The van der Waals surface area contributed by atoms with Crippen molar-refractivity contribution in [3.05, 3.63) is 68.9 Å². The zero-order chi connectivity index (χ0) is 13.8. The maximum atomic E-state index is 5.22. The minimum absolute atomic E-state index is 0.503. The van der Waals surface area contributed by atoms with Crippen LogP contribution >= 0.6 is 23.6 Å². The Morgan fingerprint density at radius 3 is 2.85 bits per heavy atom. The third-order valence-corrected chi connectivity index (χ3v) is 3.84. The summed E-state index contributed by atoms with van der Waals surface area (Å²) in [6.45, 7) is 0. The van der Waals surface area contributed by atoms with Crippen molar-refractivity contribution in [1.82, 2.24) is 14.9 Å². The van der Waals surface area contributed by atoms with Crippen LogP contribution in [0.1, 0.15) is 16.3 Å². The SMILES string of the molecule is S=c1[nH]nc(Cc2ccccc2)n1/N=C\c1cccs1.